The summed E-state index contributed by atoms with van der Waals surface area (Å²) in [4.78, 5) is 38.1. The van der Waals surface area contributed by atoms with Gasteiger partial charge in [0.05, 0.1) is 17.9 Å². The van der Waals surface area contributed by atoms with Crippen LogP contribution in [0, 0.1) is 0 Å². The standard InChI is InChI=1S/C24H18N2O4/c1-3-30-24(29)25-19-11-10-16-14-7-5-4-6-13(14)15-8-9-17(22(19)21(15)16)18-12-20(27)26(2)23(18)28/h4-12H,3H2,1-2H3,(H,25,29). The summed E-state index contributed by atoms with van der Waals surface area (Å²) in [5.74, 6) is -0.722. The van der Waals surface area contributed by atoms with Gasteiger partial charge in [-0.3, -0.25) is 19.8 Å². The van der Waals surface area contributed by atoms with Gasteiger partial charge in [0.2, 0.25) is 0 Å². The van der Waals surface area contributed by atoms with Crippen LogP contribution in [0.2, 0.25) is 0 Å². The largest absolute Gasteiger partial charge is 0.450 e. The van der Waals surface area contributed by atoms with Gasteiger partial charge in [0, 0.05) is 23.9 Å². The predicted octanol–water partition coefficient (Wildman–Crippen LogP) is 4.44. The van der Waals surface area contributed by atoms with Gasteiger partial charge in [-0.2, -0.15) is 0 Å². The molecule has 3 amide bonds. The average molecular weight is 398 g/mol. The topological polar surface area (TPSA) is 75.7 Å². The molecule has 1 aliphatic heterocycles. The lowest BCUT2D eigenvalue weighted by Crippen LogP contribution is -2.25. The maximum Gasteiger partial charge on any atom is 0.411 e. The maximum absolute atomic E-state index is 12.7. The highest BCUT2D eigenvalue weighted by Crippen LogP contribution is 2.50. The van der Waals surface area contributed by atoms with Crippen molar-refractivity contribution in [2.75, 3.05) is 19.0 Å². The monoisotopic (exact) mass is 398 g/mol. The van der Waals surface area contributed by atoms with Crippen molar-refractivity contribution >= 4 is 39.9 Å². The van der Waals surface area contributed by atoms with Crippen molar-refractivity contribution in [1.82, 2.24) is 4.90 Å². The fraction of sp³-hybridized carbons (Fsp3) is 0.125. The van der Waals surface area contributed by atoms with Crippen LogP contribution >= 0.6 is 0 Å². The lowest BCUT2D eigenvalue weighted by molar-refractivity contribution is -0.134. The third-order valence-corrected chi connectivity index (χ3v) is 5.60. The van der Waals surface area contributed by atoms with Crippen LogP contribution in [-0.2, 0) is 14.3 Å². The highest BCUT2D eigenvalue weighted by molar-refractivity contribution is 6.36. The number of nitrogens with zero attached hydrogens (tertiary/aromatic N) is 1. The number of amides is 3. The minimum absolute atomic E-state index is 0.244. The number of hydrogen-bond acceptors (Lipinski definition) is 4. The second kappa shape index (κ2) is 6.56. The zero-order valence-electron chi connectivity index (χ0n) is 16.5. The summed E-state index contributed by atoms with van der Waals surface area (Å²) in [6.07, 6.45) is 0.780. The first-order valence-electron chi connectivity index (χ1n) is 9.68. The average Bonchev–Trinajstić information content (AvgIpc) is 3.20. The number of carbonyl (C=O) groups excluding carboxylic acids is 3. The molecule has 1 N–H and O–H groups in total. The minimum Gasteiger partial charge on any atom is -0.450 e. The van der Waals surface area contributed by atoms with Crippen molar-refractivity contribution in [3.8, 4) is 22.3 Å². The van der Waals surface area contributed by atoms with E-state index < -0.39 is 6.09 Å². The van der Waals surface area contributed by atoms with Crippen molar-refractivity contribution in [2.45, 2.75) is 6.92 Å². The molecule has 0 fully saturated rings. The first kappa shape index (κ1) is 18.1. The van der Waals surface area contributed by atoms with Gasteiger partial charge in [0.15, 0.2) is 0 Å². The number of hydrogen-bond donors (Lipinski definition) is 1. The normalized spacial score (nSPS) is 14.2. The summed E-state index contributed by atoms with van der Waals surface area (Å²) >= 11 is 0. The zero-order valence-corrected chi connectivity index (χ0v) is 16.5. The Balaban J connectivity index is 1.81. The highest BCUT2D eigenvalue weighted by Gasteiger charge is 2.32. The number of fused-ring (bicyclic) bond motifs is 3. The van der Waals surface area contributed by atoms with Crippen LogP contribution in [0.5, 0.6) is 0 Å². The fourth-order valence-corrected chi connectivity index (χ4v) is 4.26. The third kappa shape index (κ3) is 2.47. The molecule has 0 saturated heterocycles. The van der Waals surface area contributed by atoms with Crippen molar-refractivity contribution in [2.24, 2.45) is 0 Å². The van der Waals surface area contributed by atoms with Gasteiger partial charge < -0.3 is 4.74 Å². The molecule has 0 saturated carbocycles. The molecule has 3 aromatic carbocycles. The quantitative estimate of drug-likeness (QED) is 0.518. The fourth-order valence-electron chi connectivity index (χ4n) is 4.26. The molecule has 6 heteroatoms. The summed E-state index contributed by atoms with van der Waals surface area (Å²) < 4.78 is 5.06. The Kier molecular flexibility index (Phi) is 3.96. The third-order valence-electron chi connectivity index (χ3n) is 5.60. The predicted molar refractivity (Wildman–Crippen MR) is 115 cm³/mol. The van der Waals surface area contributed by atoms with E-state index in [0.29, 0.717) is 16.8 Å². The molecule has 3 aromatic rings. The summed E-state index contributed by atoms with van der Waals surface area (Å²) in [5.41, 5.74) is 5.70. The minimum atomic E-state index is -0.570. The van der Waals surface area contributed by atoms with Crippen molar-refractivity contribution in [1.29, 1.82) is 0 Å². The lowest BCUT2D eigenvalue weighted by Gasteiger charge is -2.15. The van der Waals surface area contributed by atoms with Crippen LogP contribution in [-0.4, -0.2) is 36.5 Å². The molecular weight excluding hydrogens is 380 g/mol. The number of ether oxygens (including phenoxy) is 1. The van der Waals surface area contributed by atoms with E-state index in [1.807, 2.05) is 36.4 Å². The first-order chi connectivity index (χ1) is 14.5. The van der Waals surface area contributed by atoms with Gasteiger partial charge in [-0.15, -0.1) is 0 Å². The van der Waals surface area contributed by atoms with E-state index in [-0.39, 0.29) is 18.4 Å². The van der Waals surface area contributed by atoms with Crippen LogP contribution in [0.15, 0.2) is 54.6 Å². The lowest BCUT2D eigenvalue weighted by atomic mass is 9.93. The first-order valence-corrected chi connectivity index (χ1v) is 9.68. The molecule has 0 spiro atoms. The number of carbonyl (C=O) groups is 3. The zero-order chi connectivity index (χ0) is 21.0. The number of nitrogens with one attached hydrogen (secondary N) is 1. The van der Waals surface area contributed by atoms with Crippen LogP contribution in [0.3, 0.4) is 0 Å². The number of rotatable bonds is 3. The smallest absolute Gasteiger partial charge is 0.411 e. The Morgan fingerprint density at radius 1 is 0.900 bits per heavy atom. The van der Waals surface area contributed by atoms with Gasteiger partial charge in [0.25, 0.3) is 11.8 Å². The van der Waals surface area contributed by atoms with Crippen LogP contribution in [0.1, 0.15) is 12.5 Å². The van der Waals surface area contributed by atoms with E-state index >= 15 is 0 Å². The Morgan fingerprint density at radius 3 is 2.13 bits per heavy atom. The molecule has 0 unspecified atom stereocenters. The van der Waals surface area contributed by atoms with E-state index in [4.69, 9.17) is 4.74 Å². The van der Waals surface area contributed by atoms with Crippen molar-refractivity contribution in [3.63, 3.8) is 0 Å². The number of anilines is 1. The van der Waals surface area contributed by atoms with E-state index in [0.717, 1.165) is 37.9 Å². The Bertz CT molecular complexity index is 1280. The Labute approximate surface area is 172 Å². The molecule has 6 nitrogen and oxygen atoms in total. The number of benzene rings is 3. The molecule has 0 bridgehead atoms. The second-order valence-corrected chi connectivity index (χ2v) is 7.22. The summed E-state index contributed by atoms with van der Waals surface area (Å²) in [6, 6.07) is 15.7. The second-order valence-electron chi connectivity index (χ2n) is 7.22. The van der Waals surface area contributed by atoms with Gasteiger partial charge in [0.1, 0.15) is 0 Å². The molecule has 148 valence electrons. The molecule has 0 radical (unpaired) electrons. The number of likely N-dealkylation sites (N-methyl/N-ethyl adjacent to an activating group) is 1. The van der Waals surface area contributed by atoms with E-state index in [1.54, 1.807) is 6.92 Å². The summed E-state index contributed by atoms with van der Waals surface area (Å²) in [6.45, 7) is 1.98. The maximum atomic E-state index is 12.7. The molecule has 1 aliphatic carbocycles. The molecule has 5 rings (SSSR count). The summed E-state index contributed by atoms with van der Waals surface area (Å²) in [7, 11) is 1.46. The molecule has 0 atom stereocenters. The van der Waals surface area contributed by atoms with E-state index in [1.165, 1.54) is 13.1 Å². The molecular formula is C24H18N2O4. The molecule has 2 aliphatic rings. The number of imide groups is 1. The highest BCUT2D eigenvalue weighted by atomic mass is 16.5. The molecule has 0 aromatic heterocycles. The Hall–Kier alpha value is -3.93. The molecule has 30 heavy (non-hydrogen) atoms. The molecule has 1 heterocycles. The van der Waals surface area contributed by atoms with Crippen molar-refractivity contribution in [3.05, 3.63) is 60.2 Å². The van der Waals surface area contributed by atoms with Crippen molar-refractivity contribution < 1.29 is 19.1 Å². The van der Waals surface area contributed by atoms with Gasteiger partial charge in [-0.05, 0) is 40.8 Å². The SMILES string of the molecule is CCOC(=O)Nc1ccc2c3c(ccc(C4=CC(=O)N(C)C4=O)c13)-c1ccccc1-2. The summed E-state index contributed by atoms with van der Waals surface area (Å²) in [5, 5.41) is 4.46. The van der Waals surface area contributed by atoms with Crippen LogP contribution in [0.25, 0.3) is 38.6 Å². The van der Waals surface area contributed by atoms with Crippen LogP contribution < -0.4 is 5.32 Å². The van der Waals surface area contributed by atoms with Gasteiger partial charge >= 0.3 is 6.09 Å². The van der Waals surface area contributed by atoms with Crippen LogP contribution in [0.4, 0.5) is 10.5 Å². The van der Waals surface area contributed by atoms with E-state index in [2.05, 4.69) is 17.4 Å². The van der Waals surface area contributed by atoms with E-state index in [9.17, 15) is 14.4 Å². The Morgan fingerprint density at radius 2 is 1.53 bits per heavy atom. The van der Waals surface area contributed by atoms with Gasteiger partial charge in [-0.1, -0.05) is 42.5 Å². The van der Waals surface area contributed by atoms with Gasteiger partial charge in [-0.25, -0.2) is 4.79 Å².